The first-order valence-corrected chi connectivity index (χ1v) is 9.16. The lowest BCUT2D eigenvalue weighted by Crippen LogP contribution is -2.44. The van der Waals surface area contributed by atoms with Gasteiger partial charge >= 0.3 is 0 Å². The van der Waals surface area contributed by atoms with Crippen molar-refractivity contribution in [3.63, 3.8) is 0 Å². The summed E-state index contributed by atoms with van der Waals surface area (Å²) >= 11 is 0. The second-order valence-electron chi connectivity index (χ2n) is 7.11. The number of hydrogen-bond acceptors (Lipinski definition) is 3. The van der Waals surface area contributed by atoms with Crippen molar-refractivity contribution in [2.75, 3.05) is 43.4 Å². The molecule has 0 atom stereocenters. The zero-order chi connectivity index (χ0) is 17.5. The van der Waals surface area contributed by atoms with Crippen molar-refractivity contribution in [3.8, 4) is 11.3 Å². The van der Waals surface area contributed by atoms with E-state index in [9.17, 15) is 0 Å². The third kappa shape index (κ3) is 2.61. The second kappa shape index (κ2) is 6.11. The number of aromatic nitrogens is 2. The van der Waals surface area contributed by atoms with E-state index in [2.05, 4.69) is 68.8 Å². The van der Waals surface area contributed by atoms with Gasteiger partial charge in [-0.3, -0.25) is 10.2 Å². The first kappa shape index (κ1) is 15.3. The standard InChI is InChI=1S/C21H23N5/c1-25-9-11-26(12-10-25)17-7-8-18-15(13-17)14-19-20(18)23-24-21(19)22-16-5-3-2-4-6-16/h2-8,13-14,22-24H,9-12H2,1H3. The molecule has 0 bridgehead atoms. The normalized spacial score (nSPS) is 15.8. The summed E-state index contributed by atoms with van der Waals surface area (Å²) in [5, 5.41) is 12.6. The van der Waals surface area contributed by atoms with E-state index in [4.69, 9.17) is 0 Å². The number of aromatic amines is 2. The van der Waals surface area contributed by atoms with Gasteiger partial charge in [0, 0.05) is 48.5 Å². The van der Waals surface area contributed by atoms with Crippen LogP contribution in [0.4, 0.5) is 17.2 Å². The number of rotatable bonds is 3. The summed E-state index contributed by atoms with van der Waals surface area (Å²) in [5.74, 6) is 1.00. The predicted molar refractivity (Wildman–Crippen MR) is 109 cm³/mol. The molecule has 0 spiro atoms. The highest BCUT2D eigenvalue weighted by Crippen LogP contribution is 2.39. The average Bonchev–Trinajstić information content (AvgIpc) is 3.22. The lowest BCUT2D eigenvalue weighted by Gasteiger charge is -2.34. The third-order valence-electron chi connectivity index (χ3n) is 5.37. The fraction of sp³-hybridized carbons (Fsp3) is 0.238. The molecular weight excluding hydrogens is 322 g/mol. The molecule has 0 unspecified atom stereocenters. The van der Waals surface area contributed by atoms with Crippen LogP contribution in [-0.4, -0.2) is 48.3 Å². The fourth-order valence-corrected chi connectivity index (χ4v) is 3.82. The maximum absolute atomic E-state index is 3.47. The monoisotopic (exact) mass is 345 g/mol. The number of hydrogen-bond donors (Lipinski definition) is 3. The van der Waals surface area contributed by atoms with Gasteiger partial charge in [-0.1, -0.05) is 24.3 Å². The summed E-state index contributed by atoms with van der Waals surface area (Å²) < 4.78 is 0. The Kier molecular flexibility index (Phi) is 3.60. The third-order valence-corrected chi connectivity index (χ3v) is 5.37. The van der Waals surface area contributed by atoms with Crippen LogP contribution in [0.25, 0.3) is 22.0 Å². The minimum absolute atomic E-state index is 1.00. The van der Waals surface area contributed by atoms with E-state index in [1.165, 1.54) is 22.0 Å². The number of nitrogens with zero attached hydrogens (tertiary/aromatic N) is 2. The Bertz CT molecular complexity index is 992. The van der Waals surface area contributed by atoms with Crippen LogP contribution in [0.2, 0.25) is 0 Å². The van der Waals surface area contributed by atoms with Crippen molar-refractivity contribution in [2.45, 2.75) is 0 Å². The van der Waals surface area contributed by atoms with E-state index in [1.54, 1.807) is 0 Å². The molecule has 0 saturated carbocycles. The van der Waals surface area contributed by atoms with Gasteiger partial charge in [0.1, 0.15) is 5.82 Å². The van der Waals surface area contributed by atoms with Crippen LogP contribution in [0, 0.1) is 0 Å². The number of anilines is 3. The molecule has 0 radical (unpaired) electrons. The van der Waals surface area contributed by atoms with Crippen LogP contribution in [-0.2, 0) is 0 Å². The number of benzene rings is 2. The molecule has 1 fully saturated rings. The number of fused-ring (bicyclic) bond motifs is 3. The molecule has 3 aliphatic rings. The SMILES string of the molecule is CN1CCN(c2ccc3c4[nH][nH]c(Nc5ccccc5)c-4cc3c2)CC1. The molecular formula is C21H23N5. The number of piperazine rings is 1. The summed E-state index contributed by atoms with van der Waals surface area (Å²) in [6.45, 7) is 4.43. The van der Waals surface area contributed by atoms with Crippen molar-refractivity contribution in [1.29, 1.82) is 0 Å². The van der Waals surface area contributed by atoms with Crippen LogP contribution in [0.3, 0.4) is 0 Å². The van der Waals surface area contributed by atoms with Crippen molar-refractivity contribution in [1.82, 2.24) is 15.1 Å². The number of para-hydroxylation sites is 1. The van der Waals surface area contributed by atoms with Crippen molar-refractivity contribution in [2.24, 2.45) is 0 Å². The van der Waals surface area contributed by atoms with Gasteiger partial charge in [-0.2, -0.15) is 0 Å². The van der Waals surface area contributed by atoms with Crippen LogP contribution in [0.5, 0.6) is 0 Å². The predicted octanol–water partition coefficient (Wildman–Crippen LogP) is 4.10. The summed E-state index contributed by atoms with van der Waals surface area (Å²) in [4.78, 5) is 4.87. The van der Waals surface area contributed by atoms with Crippen molar-refractivity contribution < 1.29 is 0 Å². The number of H-pyrrole nitrogens is 2. The molecule has 0 amide bonds. The van der Waals surface area contributed by atoms with Gasteiger partial charge in [0.25, 0.3) is 0 Å². The highest BCUT2D eigenvalue weighted by molar-refractivity contribution is 6.05. The van der Waals surface area contributed by atoms with Gasteiger partial charge in [-0.25, -0.2) is 0 Å². The topological polar surface area (TPSA) is 50.1 Å². The van der Waals surface area contributed by atoms with Crippen LogP contribution < -0.4 is 10.2 Å². The van der Waals surface area contributed by atoms with Gasteiger partial charge in [-0.05, 0) is 42.8 Å². The highest BCUT2D eigenvalue weighted by atomic mass is 15.2. The molecule has 0 aromatic heterocycles. The maximum Gasteiger partial charge on any atom is 0.132 e. The second-order valence-corrected chi connectivity index (χ2v) is 7.11. The molecule has 5 nitrogen and oxygen atoms in total. The van der Waals surface area contributed by atoms with E-state index < -0.39 is 0 Å². The molecule has 5 heteroatoms. The molecule has 2 aliphatic heterocycles. The lowest BCUT2D eigenvalue weighted by molar-refractivity contribution is 0.313. The van der Waals surface area contributed by atoms with E-state index in [0.29, 0.717) is 0 Å². The Balaban J connectivity index is 1.48. The summed E-state index contributed by atoms with van der Waals surface area (Å²) in [6, 6.07) is 19.3. The van der Waals surface area contributed by atoms with Crippen LogP contribution >= 0.6 is 0 Å². The Morgan fingerprint density at radius 2 is 1.69 bits per heavy atom. The Hall–Kier alpha value is -2.92. The molecule has 2 aromatic carbocycles. The Labute approximate surface area is 152 Å². The van der Waals surface area contributed by atoms with E-state index >= 15 is 0 Å². The first-order valence-electron chi connectivity index (χ1n) is 9.16. The Morgan fingerprint density at radius 3 is 2.50 bits per heavy atom. The molecule has 1 aliphatic carbocycles. The summed E-state index contributed by atoms with van der Waals surface area (Å²) in [7, 11) is 2.19. The first-order chi connectivity index (χ1) is 12.8. The van der Waals surface area contributed by atoms with Gasteiger partial charge < -0.3 is 15.1 Å². The molecule has 5 rings (SSSR count). The lowest BCUT2D eigenvalue weighted by atomic mass is 10.1. The molecule has 26 heavy (non-hydrogen) atoms. The molecule has 132 valence electrons. The van der Waals surface area contributed by atoms with E-state index in [-0.39, 0.29) is 0 Å². The van der Waals surface area contributed by atoms with E-state index in [1.807, 2.05) is 18.2 Å². The zero-order valence-electron chi connectivity index (χ0n) is 14.9. The maximum atomic E-state index is 3.47. The van der Waals surface area contributed by atoms with Crippen molar-refractivity contribution in [3.05, 3.63) is 54.6 Å². The fourth-order valence-electron chi connectivity index (χ4n) is 3.82. The number of likely N-dealkylation sites (N-methyl/N-ethyl adjacent to an activating group) is 1. The summed E-state index contributed by atoms with van der Waals surface area (Å²) in [5.41, 5.74) is 4.75. The average molecular weight is 345 g/mol. The molecule has 2 aromatic rings. The van der Waals surface area contributed by atoms with Crippen molar-refractivity contribution >= 4 is 28.0 Å². The molecule has 1 saturated heterocycles. The minimum Gasteiger partial charge on any atom is -0.369 e. The van der Waals surface area contributed by atoms with Gasteiger partial charge in [0.2, 0.25) is 0 Å². The molecule has 3 N–H and O–H groups in total. The van der Waals surface area contributed by atoms with Gasteiger partial charge in [-0.15, -0.1) is 0 Å². The quantitative estimate of drug-likeness (QED) is 0.524. The molecule has 2 heterocycles. The van der Waals surface area contributed by atoms with Crippen LogP contribution in [0.15, 0.2) is 54.6 Å². The van der Waals surface area contributed by atoms with Gasteiger partial charge in [0.05, 0.1) is 5.69 Å². The smallest absolute Gasteiger partial charge is 0.132 e. The number of nitrogens with one attached hydrogen (secondary N) is 3. The minimum atomic E-state index is 1.00. The van der Waals surface area contributed by atoms with Crippen LogP contribution in [0.1, 0.15) is 0 Å². The largest absolute Gasteiger partial charge is 0.369 e. The summed E-state index contributed by atoms with van der Waals surface area (Å²) in [6.07, 6.45) is 0. The zero-order valence-corrected chi connectivity index (χ0v) is 14.9. The van der Waals surface area contributed by atoms with E-state index in [0.717, 1.165) is 43.4 Å². The highest BCUT2D eigenvalue weighted by Gasteiger charge is 2.19. The Morgan fingerprint density at radius 1 is 0.885 bits per heavy atom. The van der Waals surface area contributed by atoms with Gasteiger partial charge in [0.15, 0.2) is 0 Å².